The summed E-state index contributed by atoms with van der Waals surface area (Å²) in [5.74, 6) is -0.261. The molecule has 0 aliphatic carbocycles. The van der Waals surface area contributed by atoms with Gasteiger partial charge in [-0.25, -0.2) is 4.39 Å². The Bertz CT molecular complexity index is 393. The van der Waals surface area contributed by atoms with Gasteiger partial charge in [0.05, 0.1) is 12.3 Å². The third-order valence-electron chi connectivity index (χ3n) is 2.74. The third-order valence-corrected chi connectivity index (χ3v) is 2.74. The maximum Gasteiger partial charge on any atom is 0.146 e. The molecule has 100 valence electrons. The summed E-state index contributed by atoms with van der Waals surface area (Å²) in [6, 6.07) is 4.77. The highest BCUT2D eigenvalue weighted by Crippen LogP contribution is 2.28. The fourth-order valence-corrected chi connectivity index (χ4v) is 1.88. The Hall–Kier alpha value is -1.39. The van der Waals surface area contributed by atoms with Crippen molar-refractivity contribution < 1.29 is 9.13 Å². The second-order valence-electron chi connectivity index (χ2n) is 4.19. The normalized spacial score (nSPS) is 12.2. The lowest BCUT2D eigenvalue weighted by atomic mass is 10.1. The van der Waals surface area contributed by atoms with Crippen molar-refractivity contribution in [1.82, 2.24) is 0 Å². The smallest absolute Gasteiger partial charge is 0.146 e. The van der Waals surface area contributed by atoms with Crippen LogP contribution in [-0.2, 0) is 4.74 Å². The lowest BCUT2D eigenvalue weighted by Gasteiger charge is -2.27. The average Bonchev–Trinajstić information content (AvgIpc) is 2.34. The van der Waals surface area contributed by atoms with Gasteiger partial charge in [0, 0.05) is 26.2 Å². The second kappa shape index (κ2) is 7.13. The van der Waals surface area contributed by atoms with Gasteiger partial charge in [-0.1, -0.05) is 18.2 Å². The van der Waals surface area contributed by atoms with Gasteiger partial charge in [-0.3, -0.25) is 0 Å². The van der Waals surface area contributed by atoms with Gasteiger partial charge in [0.15, 0.2) is 0 Å². The number of hydrogen-bond donors (Lipinski definition) is 1. The summed E-state index contributed by atoms with van der Waals surface area (Å²) in [5, 5.41) is 0. The largest absolute Gasteiger partial charge is 0.383 e. The van der Waals surface area contributed by atoms with E-state index in [4.69, 9.17) is 10.5 Å². The number of para-hydroxylation sites is 1. The van der Waals surface area contributed by atoms with Crippen molar-refractivity contribution in [2.45, 2.75) is 13.0 Å². The zero-order valence-electron chi connectivity index (χ0n) is 11.0. The summed E-state index contributed by atoms with van der Waals surface area (Å²) >= 11 is 0. The van der Waals surface area contributed by atoms with Gasteiger partial charge in [-0.05, 0) is 18.6 Å². The Kier molecular flexibility index (Phi) is 5.82. The van der Waals surface area contributed by atoms with Crippen LogP contribution >= 0.6 is 0 Å². The first-order valence-corrected chi connectivity index (χ1v) is 6.00. The highest BCUT2D eigenvalue weighted by Gasteiger charge is 2.17. The molecule has 0 unspecified atom stereocenters. The van der Waals surface area contributed by atoms with Crippen molar-refractivity contribution in [3.63, 3.8) is 0 Å². The van der Waals surface area contributed by atoms with E-state index in [0.29, 0.717) is 25.4 Å². The zero-order valence-corrected chi connectivity index (χ0v) is 11.0. The molecule has 1 aromatic carbocycles. The molecule has 0 aliphatic rings. The van der Waals surface area contributed by atoms with Crippen LogP contribution in [-0.4, -0.2) is 26.8 Å². The molecule has 0 fully saturated rings. The van der Waals surface area contributed by atoms with Gasteiger partial charge in [0.2, 0.25) is 0 Å². The SMILES string of the molecule is C=CCN(CCOC)c1c(F)cccc1[C@@H](C)N. The molecule has 0 spiro atoms. The highest BCUT2D eigenvalue weighted by molar-refractivity contribution is 5.56. The molecule has 0 aromatic heterocycles. The van der Waals surface area contributed by atoms with Gasteiger partial charge in [-0.15, -0.1) is 6.58 Å². The minimum atomic E-state index is -0.261. The number of methoxy groups -OCH3 is 1. The Morgan fingerprint density at radius 3 is 2.83 bits per heavy atom. The van der Waals surface area contributed by atoms with Gasteiger partial charge in [-0.2, -0.15) is 0 Å². The van der Waals surface area contributed by atoms with Gasteiger partial charge in [0.1, 0.15) is 5.82 Å². The van der Waals surface area contributed by atoms with Crippen molar-refractivity contribution in [2.24, 2.45) is 5.73 Å². The molecule has 2 N–H and O–H groups in total. The Balaban J connectivity index is 3.12. The first-order valence-electron chi connectivity index (χ1n) is 6.00. The van der Waals surface area contributed by atoms with Crippen molar-refractivity contribution in [3.8, 4) is 0 Å². The second-order valence-corrected chi connectivity index (χ2v) is 4.19. The van der Waals surface area contributed by atoms with Crippen molar-refractivity contribution in [1.29, 1.82) is 0 Å². The van der Waals surface area contributed by atoms with E-state index in [-0.39, 0.29) is 11.9 Å². The molecule has 18 heavy (non-hydrogen) atoms. The number of rotatable bonds is 7. The average molecular weight is 252 g/mol. The molecule has 0 aliphatic heterocycles. The molecule has 0 saturated carbocycles. The number of halogens is 1. The fraction of sp³-hybridized carbons (Fsp3) is 0.429. The molecular weight excluding hydrogens is 231 g/mol. The van der Waals surface area contributed by atoms with E-state index in [2.05, 4.69) is 6.58 Å². The van der Waals surface area contributed by atoms with Crippen LogP contribution in [0.25, 0.3) is 0 Å². The Morgan fingerprint density at radius 2 is 2.28 bits per heavy atom. The number of hydrogen-bond acceptors (Lipinski definition) is 3. The van der Waals surface area contributed by atoms with Crippen LogP contribution in [0.4, 0.5) is 10.1 Å². The first-order chi connectivity index (χ1) is 8.61. The predicted octanol–water partition coefficient (Wildman–Crippen LogP) is 2.48. The molecule has 0 amide bonds. The summed E-state index contributed by atoms with van der Waals surface area (Å²) in [6.45, 7) is 7.24. The van der Waals surface area contributed by atoms with E-state index in [1.807, 2.05) is 17.9 Å². The quantitative estimate of drug-likeness (QED) is 0.758. The predicted molar refractivity (Wildman–Crippen MR) is 73.3 cm³/mol. The highest BCUT2D eigenvalue weighted by atomic mass is 19.1. The molecule has 1 atom stereocenters. The Morgan fingerprint density at radius 1 is 1.56 bits per heavy atom. The number of benzene rings is 1. The fourth-order valence-electron chi connectivity index (χ4n) is 1.88. The van der Waals surface area contributed by atoms with Gasteiger partial charge < -0.3 is 15.4 Å². The third kappa shape index (κ3) is 3.55. The van der Waals surface area contributed by atoms with E-state index in [0.717, 1.165) is 5.56 Å². The summed E-state index contributed by atoms with van der Waals surface area (Å²) in [7, 11) is 1.62. The topological polar surface area (TPSA) is 38.5 Å². The first kappa shape index (κ1) is 14.7. The molecule has 0 bridgehead atoms. The molecular formula is C14H21FN2O. The van der Waals surface area contributed by atoms with E-state index in [1.54, 1.807) is 19.3 Å². The van der Waals surface area contributed by atoms with Crippen LogP contribution in [0, 0.1) is 5.82 Å². The molecule has 4 heteroatoms. The van der Waals surface area contributed by atoms with Gasteiger partial charge >= 0.3 is 0 Å². The minimum absolute atomic E-state index is 0.217. The molecule has 1 aromatic rings. The lowest BCUT2D eigenvalue weighted by Crippen LogP contribution is -2.30. The van der Waals surface area contributed by atoms with Crippen molar-refractivity contribution >= 4 is 5.69 Å². The summed E-state index contributed by atoms with van der Waals surface area (Å²) in [4.78, 5) is 1.89. The van der Waals surface area contributed by atoms with Crippen LogP contribution in [0.2, 0.25) is 0 Å². The molecule has 1 rings (SSSR count). The number of anilines is 1. The number of ether oxygens (including phenoxy) is 1. The van der Waals surface area contributed by atoms with E-state index in [9.17, 15) is 4.39 Å². The van der Waals surface area contributed by atoms with Crippen molar-refractivity contribution in [3.05, 3.63) is 42.2 Å². The summed E-state index contributed by atoms with van der Waals surface area (Å²) < 4.78 is 19.1. The van der Waals surface area contributed by atoms with Crippen LogP contribution < -0.4 is 10.6 Å². The van der Waals surface area contributed by atoms with E-state index in [1.165, 1.54) is 6.07 Å². The van der Waals surface area contributed by atoms with E-state index >= 15 is 0 Å². The summed E-state index contributed by atoms with van der Waals surface area (Å²) in [6.07, 6.45) is 1.74. The van der Waals surface area contributed by atoms with Crippen LogP contribution in [0.15, 0.2) is 30.9 Å². The maximum absolute atomic E-state index is 14.0. The number of nitrogens with two attached hydrogens (primary N) is 1. The van der Waals surface area contributed by atoms with Gasteiger partial charge in [0.25, 0.3) is 0 Å². The molecule has 0 saturated heterocycles. The monoisotopic (exact) mass is 252 g/mol. The molecule has 3 nitrogen and oxygen atoms in total. The standard InChI is InChI=1S/C14H21FN2O/c1-4-8-17(9-10-18-3)14-12(11(2)16)6-5-7-13(14)15/h4-7,11H,1,8-10,16H2,2-3H3/t11-/m1/s1. The zero-order chi connectivity index (χ0) is 13.5. The maximum atomic E-state index is 14.0. The van der Waals surface area contributed by atoms with E-state index < -0.39 is 0 Å². The van der Waals surface area contributed by atoms with Crippen LogP contribution in [0.1, 0.15) is 18.5 Å². The van der Waals surface area contributed by atoms with Crippen molar-refractivity contribution in [2.75, 3.05) is 31.7 Å². The van der Waals surface area contributed by atoms with Crippen LogP contribution in [0.5, 0.6) is 0 Å². The summed E-state index contributed by atoms with van der Waals surface area (Å²) in [5.41, 5.74) is 7.24. The number of nitrogens with zero attached hydrogens (tertiary/aromatic N) is 1. The minimum Gasteiger partial charge on any atom is -0.383 e. The Labute approximate surface area is 108 Å². The van der Waals surface area contributed by atoms with Crippen LogP contribution in [0.3, 0.4) is 0 Å². The lowest BCUT2D eigenvalue weighted by molar-refractivity contribution is 0.205. The molecule has 0 heterocycles. The molecule has 0 radical (unpaired) electrons.